The summed E-state index contributed by atoms with van der Waals surface area (Å²) in [5.41, 5.74) is 6.72. The second kappa shape index (κ2) is 4.12. The number of halogens is 2. The van der Waals surface area contributed by atoms with Crippen molar-refractivity contribution < 1.29 is 8.81 Å². The lowest BCUT2D eigenvalue weighted by atomic mass is 10.1. The highest BCUT2D eigenvalue weighted by molar-refractivity contribution is 9.10. The highest BCUT2D eigenvalue weighted by Gasteiger charge is 2.14. The van der Waals surface area contributed by atoms with Crippen LogP contribution in [0.5, 0.6) is 0 Å². The molecule has 1 aromatic heterocycles. The standard InChI is InChI=1S/C10H8BrFN2O/c11-9-6(2-1-3-7(9)12)10-8(4-13)14-5-15-10/h1-3,5H,4,13H2. The van der Waals surface area contributed by atoms with Crippen molar-refractivity contribution in [1.29, 1.82) is 0 Å². The minimum absolute atomic E-state index is 0.259. The van der Waals surface area contributed by atoms with E-state index in [1.807, 2.05) is 0 Å². The Morgan fingerprint density at radius 2 is 2.27 bits per heavy atom. The molecule has 0 aliphatic rings. The average molecular weight is 271 g/mol. The van der Waals surface area contributed by atoms with E-state index < -0.39 is 0 Å². The van der Waals surface area contributed by atoms with Crippen LogP contribution in [-0.4, -0.2) is 4.98 Å². The van der Waals surface area contributed by atoms with E-state index >= 15 is 0 Å². The molecule has 0 aliphatic heterocycles. The second-order valence-corrected chi connectivity index (χ2v) is 3.73. The van der Waals surface area contributed by atoms with E-state index in [2.05, 4.69) is 20.9 Å². The molecule has 15 heavy (non-hydrogen) atoms. The molecule has 2 aromatic rings. The van der Waals surface area contributed by atoms with Crippen LogP contribution < -0.4 is 5.73 Å². The quantitative estimate of drug-likeness (QED) is 0.913. The number of nitrogens with two attached hydrogens (primary N) is 1. The summed E-state index contributed by atoms with van der Waals surface area (Å²) in [6.45, 7) is 0.259. The van der Waals surface area contributed by atoms with Crippen LogP contribution in [0.15, 0.2) is 33.5 Å². The van der Waals surface area contributed by atoms with Crippen LogP contribution >= 0.6 is 15.9 Å². The van der Waals surface area contributed by atoms with Crippen LogP contribution in [0.4, 0.5) is 4.39 Å². The van der Waals surface area contributed by atoms with Gasteiger partial charge in [-0.25, -0.2) is 9.37 Å². The van der Waals surface area contributed by atoms with Crippen LogP contribution in [0.1, 0.15) is 5.69 Å². The zero-order valence-corrected chi connectivity index (χ0v) is 9.29. The molecule has 0 spiro atoms. The first-order valence-electron chi connectivity index (χ1n) is 4.31. The fraction of sp³-hybridized carbons (Fsp3) is 0.100. The lowest BCUT2D eigenvalue weighted by Gasteiger charge is -2.02. The summed E-state index contributed by atoms with van der Waals surface area (Å²) in [7, 11) is 0. The average Bonchev–Trinajstić information content (AvgIpc) is 2.70. The Balaban J connectivity index is 2.59. The summed E-state index contributed by atoms with van der Waals surface area (Å²) in [4.78, 5) is 3.95. The van der Waals surface area contributed by atoms with Gasteiger partial charge in [0, 0.05) is 12.1 Å². The first kappa shape index (κ1) is 10.3. The molecule has 5 heteroatoms. The first-order valence-corrected chi connectivity index (χ1v) is 5.10. The zero-order valence-electron chi connectivity index (χ0n) is 7.71. The summed E-state index contributed by atoms with van der Waals surface area (Å²) in [6, 6.07) is 4.72. The van der Waals surface area contributed by atoms with Gasteiger partial charge in [-0.3, -0.25) is 0 Å². The summed E-state index contributed by atoms with van der Waals surface area (Å²) in [6.07, 6.45) is 1.30. The minimum Gasteiger partial charge on any atom is -0.443 e. The van der Waals surface area contributed by atoms with Crippen molar-refractivity contribution in [3.63, 3.8) is 0 Å². The smallest absolute Gasteiger partial charge is 0.181 e. The summed E-state index contributed by atoms with van der Waals surface area (Å²) in [5, 5.41) is 0. The van der Waals surface area contributed by atoms with Gasteiger partial charge in [0.15, 0.2) is 12.2 Å². The Morgan fingerprint density at radius 1 is 1.47 bits per heavy atom. The van der Waals surface area contributed by atoms with Crippen LogP contribution in [0.3, 0.4) is 0 Å². The molecule has 78 valence electrons. The van der Waals surface area contributed by atoms with Gasteiger partial charge in [0.1, 0.15) is 11.5 Å². The molecule has 0 bridgehead atoms. The highest BCUT2D eigenvalue weighted by Crippen LogP contribution is 2.31. The number of rotatable bonds is 2. The first-order chi connectivity index (χ1) is 7.24. The largest absolute Gasteiger partial charge is 0.443 e. The fourth-order valence-electron chi connectivity index (χ4n) is 1.31. The monoisotopic (exact) mass is 270 g/mol. The maximum atomic E-state index is 13.3. The maximum absolute atomic E-state index is 13.3. The van der Waals surface area contributed by atoms with Crippen LogP contribution in [0, 0.1) is 5.82 Å². The predicted molar refractivity (Wildman–Crippen MR) is 57.5 cm³/mol. The van der Waals surface area contributed by atoms with Gasteiger partial charge < -0.3 is 10.2 Å². The van der Waals surface area contributed by atoms with Gasteiger partial charge in [0.05, 0.1) is 4.47 Å². The van der Waals surface area contributed by atoms with Crippen molar-refractivity contribution >= 4 is 15.9 Å². The van der Waals surface area contributed by atoms with E-state index in [4.69, 9.17) is 10.2 Å². The lowest BCUT2D eigenvalue weighted by Crippen LogP contribution is -1.98. The third-order valence-electron chi connectivity index (χ3n) is 2.03. The van der Waals surface area contributed by atoms with E-state index in [-0.39, 0.29) is 12.4 Å². The van der Waals surface area contributed by atoms with Crippen molar-refractivity contribution in [2.24, 2.45) is 5.73 Å². The van der Waals surface area contributed by atoms with Crippen molar-refractivity contribution in [3.8, 4) is 11.3 Å². The molecule has 1 heterocycles. The topological polar surface area (TPSA) is 52.0 Å². The molecule has 0 radical (unpaired) electrons. The maximum Gasteiger partial charge on any atom is 0.181 e. The lowest BCUT2D eigenvalue weighted by molar-refractivity contribution is 0.568. The predicted octanol–water partition coefficient (Wildman–Crippen LogP) is 2.70. The molecule has 3 nitrogen and oxygen atoms in total. The molecule has 0 saturated carbocycles. The molecule has 2 rings (SSSR count). The summed E-state index contributed by atoms with van der Waals surface area (Å²) >= 11 is 3.16. The van der Waals surface area contributed by atoms with Gasteiger partial charge in [-0.1, -0.05) is 6.07 Å². The normalized spacial score (nSPS) is 10.6. The number of oxazole rings is 1. The van der Waals surface area contributed by atoms with E-state index in [1.165, 1.54) is 12.5 Å². The fourth-order valence-corrected chi connectivity index (χ4v) is 1.76. The molecule has 2 N–H and O–H groups in total. The Labute approximate surface area is 94.2 Å². The Kier molecular flexibility index (Phi) is 2.83. The van der Waals surface area contributed by atoms with Crippen molar-refractivity contribution in [2.45, 2.75) is 6.54 Å². The Morgan fingerprint density at radius 3 is 3.00 bits per heavy atom. The van der Waals surface area contributed by atoms with E-state index in [1.54, 1.807) is 12.1 Å². The minimum atomic E-state index is -0.341. The van der Waals surface area contributed by atoms with Crippen molar-refractivity contribution in [1.82, 2.24) is 4.98 Å². The summed E-state index contributed by atoms with van der Waals surface area (Å²) in [5.74, 6) is 0.163. The van der Waals surface area contributed by atoms with Gasteiger partial charge >= 0.3 is 0 Å². The zero-order chi connectivity index (χ0) is 10.8. The highest BCUT2D eigenvalue weighted by atomic mass is 79.9. The molecule has 0 amide bonds. The van der Waals surface area contributed by atoms with Crippen LogP contribution in [0.25, 0.3) is 11.3 Å². The molecule has 0 aliphatic carbocycles. The Hall–Kier alpha value is -1.20. The van der Waals surface area contributed by atoms with E-state index in [0.717, 1.165) is 0 Å². The van der Waals surface area contributed by atoms with Crippen LogP contribution in [-0.2, 0) is 6.54 Å². The van der Waals surface area contributed by atoms with Gasteiger partial charge in [0.25, 0.3) is 0 Å². The van der Waals surface area contributed by atoms with Crippen molar-refractivity contribution in [3.05, 3.63) is 40.6 Å². The van der Waals surface area contributed by atoms with E-state index in [9.17, 15) is 4.39 Å². The van der Waals surface area contributed by atoms with Gasteiger partial charge in [-0.2, -0.15) is 0 Å². The molecular weight excluding hydrogens is 263 g/mol. The molecular formula is C10H8BrFN2O. The molecule has 1 aromatic carbocycles. The number of hydrogen-bond acceptors (Lipinski definition) is 3. The third kappa shape index (κ3) is 1.80. The third-order valence-corrected chi connectivity index (χ3v) is 2.84. The number of benzene rings is 1. The number of aromatic nitrogens is 1. The summed E-state index contributed by atoms with van der Waals surface area (Å²) < 4.78 is 18.8. The molecule has 0 fully saturated rings. The molecule has 0 unspecified atom stereocenters. The SMILES string of the molecule is NCc1ncoc1-c1cccc(F)c1Br. The van der Waals surface area contributed by atoms with E-state index in [0.29, 0.717) is 21.5 Å². The number of nitrogens with zero attached hydrogens (tertiary/aromatic N) is 1. The second-order valence-electron chi connectivity index (χ2n) is 2.93. The van der Waals surface area contributed by atoms with Gasteiger partial charge in [-0.05, 0) is 28.1 Å². The molecule has 0 atom stereocenters. The van der Waals surface area contributed by atoms with Crippen molar-refractivity contribution in [2.75, 3.05) is 0 Å². The number of hydrogen-bond donors (Lipinski definition) is 1. The van der Waals surface area contributed by atoms with Gasteiger partial charge in [0.2, 0.25) is 0 Å². The molecule has 0 saturated heterocycles. The van der Waals surface area contributed by atoms with Gasteiger partial charge in [-0.15, -0.1) is 0 Å². The Bertz CT molecular complexity index is 484. The van der Waals surface area contributed by atoms with Crippen LogP contribution in [0.2, 0.25) is 0 Å².